The van der Waals surface area contributed by atoms with Crippen LogP contribution < -0.4 is 10.1 Å². The molecule has 0 aliphatic rings. The monoisotopic (exact) mass is 411 g/mol. The predicted octanol–water partition coefficient (Wildman–Crippen LogP) is 5.12. The molecule has 0 radical (unpaired) electrons. The van der Waals surface area contributed by atoms with Gasteiger partial charge in [-0.25, -0.2) is 0 Å². The molecule has 2 aromatic carbocycles. The quantitative estimate of drug-likeness (QED) is 0.409. The summed E-state index contributed by atoms with van der Waals surface area (Å²) in [7, 11) is 0. The average molecular weight is 412 g/mol. The fraction of sp³-hybridized carbons (Fsp3) is 0.154. The zero-order chi connectivity index (χ0) is 21.5. The number of hydrogen-bond acceptors (Lipinski definition) is 3. The van der Waals surface area contributed by atoms with Crippen LogP contribution >= 0.6 is 0 Å². The van der Waals surface area contributed by atoms with E-state index < -0.39 is 0 Å². The van der Waals surface area contributed by atoms with E-state index in [0.717, 1.165) is 27.9 Å². The highest BCUT2D eigenvalue weighted by Crippen LogP contribution is 2.30. The molecule has 1 amide bonds. The lowest BCUT2D eigenvalue weighted by molar-refractivity contribution is 0.0942. The standard InChI is InChI=1S/C26H25N3O2/c1-2-3-16-29-23-13-9-14-25(31-19-20-10-5-4-6-11-20)22(23)17-24(29)26(30)28-18-21-12-7-8-15-27-21/h2-15,17H,16,18-19H2,1H3,(H,28,30). The molecule has 156 valence electrons. The van der Waals surface area contributed by atoms with E-state index in [2.05, 4.69) is 10.3 Å². The number of carbonyl (C=O) groups is 1. The van der Waals surface area contributed by atoms with Gasteiger partial charge in [-0.15, -0.1) is 0 Å². The second kappa shape index (κ2) is 9.76. The van der Waals surface area contributed by atoms with Crippen LogP contribution in [0, 0.1) is 0 Å². The van der Waals surface area contributed by atoms with Gasteiger partial charge in [0.05, 0.1) is 17.8 Å². The summed E-state index contributed by atoms with van der Waals surface area (Å²) in [5, 5.41) is 3.91. The maximum atomic E-state index is 13.0. The Morgan fingerprint density at radius 2 is 1.90 bits per heavy atom. The molecule has 5 nitrogen and oxygen atoms in total. The molecule has 0 atom stereocenters. The molecule has 0 saturated heterocycles. The highest BCUT2D eigenvalue weighted by Gasteiger charge is 2.17. The number of ether oxygens (including phenoxy) is 1. The van der Waals surface area contributed by atoms with Gasteiger partial charge in [-0.2, -0.15) is 0 Å². The highest BCUT2D eigenvalue weighted by atomic mass is 16.5. The van der Waals surface area contributed by atoms with Crippen molar-refractivity contribution in [3.05, 3.63) is 108 Å². The fourth-order valence-corrected chi connectivity index (χ4v) is 3.48. The van der Waals surface area contributed by atoms with Crippen LogP contribution in [-0.2, 0) is 19.7 Å². The lowest BCUT2D eigenvalue weighted by Gasteiger charge is -2.10. The molecule has 4 aromatic rings. The van der Waals surface area contributed by atoms with E-state index >= 15 is 0 Å². The summed E-state index contributed by atoms with van der Waals surface area (Å²) >= 11 is 0. The second-order valence-corrected chi connectivity index (χ2v) is 7.18. The van der Waals surface area contributed by atoms with Gasteiger partial charge in [0, 0.05) is 18.1 Å². The normalized spacial score (nSPS) is 11.1. The largest absolute Gasteiger partial charge is 0.488 e. The number of carbonyl (C=O) groups excluding carboxylic acids is 1. The smallest absolute Gasteiger partial charge is 0.268 e. The van der Waals surface area contributed by atoms with Crippen LogP contribution in [0.3, 0.4) is 0 Å². The molecule has 1 N–H and O–H groups in total. The lowest BCUT2D eigenvalue weighted by atomic mass is 10.2. The molecule has 31 heavy (non-hydrogen) atoms. The lowest BCUT2D eigenvalue weighted by Crippen LogP contribution is -2.25. The molecule has 2 heterocycles. The van der Waals surface area contributed by atoms with Gasteiger partial charge in [-0.05, 0) is 42.8 Å². The molecule has 5 heteroatoms. The van der Waals surface area contributed by atoms with Crippen LogP contribution in [0.5, 0.6) is 5.75 Å². The zero-order valence-electron chi connectivity index (χ0n) is 17.5. The molecule has 2 aromatic heterocycles. The maximum Gasteiger partial charge on any atom is 0.268 e. The van der Waals surface area contributed by atoms with Crippen LogP contribution in [0.15, 0.2) is 91.1 Å². The summed E-state index contributed by atoms with van der Waals surface area (Å²) in [6.07, 6.45) is 5.74. The van der Waals surface area contributed by atoms with Crippen LogP contribution in [0.4, 0.5) is 0 Å². The summed E-state index contributed by atoms with van der Waals surface area (Å²) in [5.74, 6) is 0.625. The fourth-order valence-electron chi connectivity index (χ4n) is 3.48. The minimum Gasteiger partial charge on any atom is -0.488 e. The Morgan fingerprint density at radius 3 is 2.68 bits per heavy atom. The Kier molecular flexibility index (Phi) is 6.43. The van der Waals surface area contributed by atoms with Gasteiger partial charge in [0.1, 0.15) is 18.1 Å². The van der Waals surface area contributed by atoms with Gasteiger partial charge < -0.3 is 14.6 Å². The average Bonchev–Trinajstić information content (AvgIpc) is 3.20. The predicted molar refractivity (Wildman–Crippen MR) is 123 cm³/mol. The molecule has 0 spiro atoms. The van der Waals surface area contributed by atoms with Crippen molar-refractivity contribution in [1.82, 2.24) is 14.9 Å². The van der Waals surface area contributed by atoms with E-state index in [1.54, 1.807) is 6.20 Å². The molecule has 0 bridgehead atoms. The molecular weight excluding hydrogens is 386 g/mol. The van der Waals surface area contributed by atoms with Crippen molar-refractivity contribution in [2.45, 2.75) is 26.6 Å². The van der Waals surface area contributed by atoms with E-state index in [1.165, 1.54) is 0 Å². The second-order valence-electron chi connectivity index (χ2n) is 7.18. The van der Waals surface area contributed by atoms with Gasteiger partial charge in [0.2, 0.25) is 0 Å². The van der Waals surface area contributed by atoms with E-state index in [4.69, 9.17) is 4.74 Å². The first-order chi connectivity index (χ1) is 15.3. The maximum absolute atomic E-state index is 13.0. The Balaban J connectivity index is 1.62. The van der Waals surface area contributed by atoms with Gasteiger partial charge in [-0.1, -0.05) is 54.6 Å². The van der Waals surface area contributed by atoms with Gasteiger partial charge >= 0.3 is 0 Å². The SMILES string of the molecule is CC=CCn1c(C(=O)NCc2ccccn2)cc2c(OCc3ccccc3)cccc21. The number of allylic oxidation sites excluding steroid dienone is 2. The Labute approximate surface area is 182 Å². The van der Waals surface area contributed by atoms with E-state index in [1.807, 2.05) is 96.4 Å². The number of nitrogens with zero attached hydrogens (tertiary/aromatic N) is 2. The van der Waals surface area contributed by atoms with Gasteiger partial charge in [0.25, 0.3) is 5.91 Å². The number of hydrogen-bond donors (Lipinski definition) is 1. The number of rotatable bonds is 8. The summed E-state index contributed by atoms with van der Waals surface area (Å²) in [6.45, 7) is 3.43. The topological polar surface area (TPSA) is 56.2 Å². The van der Waals surface area contributed by atoms with Crippen molar-refractivity contribution in [2.24, 2.45) is 0 Å². The van der Waals surface area contributed by atoms with Crippen molar-refractivity contribution in [2.75, 3.05) is 0 Å². The van der Waals surface area contributed by atoms with Crippen LogP contribution in [0.1, 0.15) is 28.7 Å². The van der Waals surface area contributed by atoms with Crippen molar-refractivity contribution < 1.29 is 9.53 Å². The summed E-state index contributed by atoms with van der Waals surface area (Å²) in [4.78, 5) is 17.3. The van der Waals surface area contributed by atoms with Crippen molar-refractivity contribution in [1.29, 1.82) is 0 Å². The Hall–Kier alpha value is -3.86. The molecule has 0 saturated carbocycles. The summed E-state index contributed by atoms with van der Waals surface area (Å²) < 4.78 is 8.13. The van der Waals surface area contributed by atoms with Gasteiger partial charge in [-0.3, -0.25) is 9.78 Å². The third kappa shape index (κ3) is 4.83. The summed E-state index contributed by atoms with van der Waals surface area (Å²) in [6, 6.07) is 23.6. The van der Waals surface area contributed by atoms with Crippen molar-refractivity contribution in [3.8, 4) is 5.75 Å². The number of benzene rings is 2. The van der Waals surface area contributed by atoms with Crippen LogP contribution in [0.25, 0.3) is 10.9 Å². The summed E-state index contributed by atoms with van der Waals surface area (Å²) in [5.41, 5.74) is 3.48. The van der Waals surface area contributed by atoms with Gasteiger partial charge in [0.15, 0.2) is 0 Å². The third-order valence-corrected chi connectivity index (χ3v) is 5.06. The van der Waals surface area contributed by atoms with Crippen LogP contribution in [-0.4, -0.2) is 15.5 Å². The first-order valence-corrected chi connectivity index (χ1v) is 10.3. The Bertz CT molecular complexity index is 1180. The number of fused-ring (bicyclic) bond motifs is 1. The third-order valence-electron chi connectivity index (χ3n) is 5.06. The Morgan fingerprint density at radius 1 is 1.06 bits per heavy atom. The molecule has 0 fully saturated rings. The van der Waals surface area contributed by atoms with Crippen LogP contribution in [0.2, 0.25) is 0 Å². The van der Waals surface area contributed by atoms with E-state index in [-0.39, 0.29) is 5.91 Å². The number of pyridine rings is 1. The molecule has 0 aliphatic carbocycles. The molecular formula is C26H25N3O2. The van der Waals surface area contributed by atoms with Crippen molar-refractivity contribution in [3.63, 3.8) is 0 Å². The molecule has 0 unspecified atom stereocenters. The number of amides is 1. The first-order valence-electron chi connectivity index (χ1n) is 10.3. The zero-order valence-corrected chi connectivity index (χ0v) is 17.5. The minimum atomic E-state index is -0.139. The number of nitrogens with one attached hydrogen (secondary N) is 1. The van der Waals surface area contributed by atoms with E-state index in [0.29, 0.717) is 25.4 Å². The van der Waals surface area contributed by atoms with Crippen molar-refractivity contribution >= 4 is 16.8 Å². The minimum absolute atomic E-state index is 0.139. The number of aromatic nitrogens is 2. The first kappa shape index (κ1) is 20.4. The highest BCUT2D eigenvalue weighted by molar-refractivity contribution is 6.00. The van der Waals surface area contributed by atoms with E-state index in [9.17, 15) is 4.79 Å². The molecule has 0 aliphatic heterocycles. The molecule has 4 rings (SSSR count).